The molecule has 1 aliphatic rings. The molecule has 2 aromatic carbocycles. The van der Waals surface area contributed by atoms with Gasteiger partial charge in [-0.05, 0) is 49.6 Å². The molecule has 0 aliphatic carbocycles. The monoisotopic (exact) mass is 516 g/mol. The molecule has 0 bridgehead atoms. The summed E-state index contributed by atoms with van der Waals surface area (Å²) in [6, 6.07) is 18.6. The number of fused-ring (bicyclic) bond motifs is 1. The lowest BCUT2D eigenvalue weighted by Crippen LogP contribution is -2.29. The van der Waals surface area contributed by atoms with E-state index in [1.54, 1.807) is 30.3 Å². The van der Waals surface area contributed by atoms with Crippen LogP contribution >= 0.6 is 22.9 Å². The van der Waals surface area contributed by atoms with E-state index in [9.17, 15) is 4.79 Å². The maximum absolute atomic E-state index is 13.5. The van der Waals surface area contributed by atoms with Gasteiger partial charge in [0, 0.05) is 29.2 Å². The molecule has 0 saturated carbocycles. The molecule has 1 N–H and O–H groups in total. The van der Waals surface area contributed by atoms with Crippen molar-refractivity contribution in [2.45, 2.75) is 19.3 Å². The number of halogens is 1. The third-order valence-electron chi connectivity index (χ3n) is 6.03. The Kier molecular flexibility index (Phi) is 6.08. The number of anilines is 2. The molecule has 0 unspecified atom stereocenters. The van der Waals surface area contributed by atoms with Crippen LogP contribution in [-0.4, -0.2) is 39.2 Å². The van der Waals surface area contributed by atoms with Crippen LogP contribution in [0.3, 0.4) is 0 Å². The molecule has 0 radical (unpaired) electrons. The summed E-state index contributed by atoms with van der Waals surface area (Å²) in [5, 5.41) is 12.3. The second-order valence-corrected chi connectivity index (χ2v) is 9.91. The number of hydrogen-bond donors (Lipinski definition) is 1. The standard InChI is InChI=1S/C26H21ClN6O2S/c27-18-11-9-17(10-12-18)24-31-32-25(35-24)30-23(34)19-15-20(16-7-3-1-4-8-16)28-22-21(19)36-26(29-22)33-13-5-2-6-14-33/h1,3-4,7-12,15H,2,5-6,13-14H2,(H,30,32,34). The predicted octanol–water partition coefficient (Wildman–Crippen LogP) is 6.30. The molecule has 36 heavy (non-hydrogen) atoms. The van der Waals surface area contributed by atoms with Gasteiger partial charge in [-0.15, -0.1) is 5.10 Å². The van der Waals surface area contributed by atoms with Gasteiger partial charge in [-0.25, -0.2) is 4.98 Å². The van der Waals surface area contributed by atoms with Gasteiger partial charge in [0.2, 0.25) is 5.89 Å². The van der Waals surface area contributed by atoms with Gasteiger partial charge in [-0.3, -0.25) is 10.1 Å². The van der Waals surface area contributed by atoms with E-state index in [4.69, 9.17) is 26.0 Å². The van der Waals surface area contributed by atoms with Crippen molar-refractivity contribution < 1.29 is 9.21 Å². The summed E-state index contributed by atoms with van der Waals surface area (Å²) in [6.45, 7) is 1.92. The summed E-state index contributed by atoms with van der Waals surface area (Å²) in [6.07, 6.45) is 3.51. The molecule has 8 nitrogen and oxygen atoms in total. The third kappa shape index (κ3) is 4.55. The molecule has 180 valence electrons. The Balaban J connectivity index is 1.36. The Labute approximate surface area is 216 Å². The van der Waals surface area contributed by atoms with Gasteiger partial charge < -0.3 is 9.32 Å². The average Bonchev–Trinajstić information content (AvgIpc) is 3.57. The molecule has 1 fully saturated rings. The van der Waals surface area contributed by atoms with Crippen LogP contribution in [-0.2, 0) is 0 Å². The van der Waals surface area contributed by atoms with Crippen molar-refractivity contribution in [3.05, 3.63) is 71.2 Å². The highest BCUT2D eigenvalue weighted by molar-refractivity contribution is 7.22. The van der Waals surface area contributed by atoms with Crippen LogP contribution in [0, 0.1) is 0 Å². The van der Waals surface area contributed by atoms with Crippen molar-refractivity contribution in [3.63, 3.8) is 0 Å². The molecule has 4 heterocycles. The molecular formula is C26H21ClN6O2S. The molecule has 1 saturated heterocycles. The van der Waals surface area contributed by atoms with Crippen LogP contribution in [0.1, 0.15) is 29.6 Å². The number of rotatable bonds is 5. The van der Waals surface area contributed by atoms with E-state index in [2.05, 4.69) is 20.4 Å². The molecule has 0 atom stereocenters. The van der Waals surface area contributed by atoms with Gasteiger partial charge >= 0.3 is 6.01 Å². The van der Waals surface area contributed by atoms with E-state index in [-0.39, 0.29) is 17.8 Å². The lowest BCUT2D eigenvalue weighted by molar-refractivity contribution is 0.102. The minimum absolute atomic E-state index is 0.0111. The van der Waals surface area contributed by atoms with Crippen LogP contribution in [0.4, 0.5) is 11.1 Å². The number of hydrogen-bond acceptors (Lipinski definition) is 8. The Bertz CT molecular complexity index is 1530. The van der Waals surface area contributed by atoms with Gasteiger partial charge in [0.05, 0.1) is 16.0 Å². The lowest BCUT2D eigenvalue weighted by atomic mass is 10.1. The third-order valence-corrected chi connectivity index (χ3v) is 7.42. The van der Waals surface area contributed by atoms with E-state index >= 15 is 0 Å². The van der Waals surface area contributed by atoms with Gasteiger partial charge in [-0.1, -0.05) is 58.4 Å². The van der Waals surface area contributed by atoms with Crippen molar-refractivity contribution >= 4 is 50.3 Å². The van der Waals surface area contributed by atoms with Crippen LogP contribution in [0.2, 0.25) is 5.02 Å². The number of pyridine rings is 1. The highest BCUT2D eigenvalue weighted by atomic mass is 35.5. The highest BCUT2D eigenvalue weighted by Gasteiger charge is 2.22. The average molecular weight is 517 g/mol. The van der Waals surface area contributed by atoms with Crippen molar-refractivity contribution in [1.82, 2.24) is 20.2 Å². The number of nitrogens with one attached hydrogen (secondary N) is 1. The number of piperidine rings is 1. The zero-order valence-corrected chi connectivity index (χ0v) is 20.7. The first kappa shape index (κ1) is 22.6. The van der Waals surface area contributed by atoms with Crippen LogP contribution in [0.5, 0.6) is 0 Å². The van der Waals surface area contributed by atoms with E-state index in [0.29, 0.717) is 27.5 Å². The summed E-state index contributed by atoms with van der Waals surface area (Å²) < 4.78 is 6.42. The fourth-order valence-corrected chi connectivity index (χ4v) is 5.39. The van der Waals surface area contributed by atoms with Crippen LogP contribution in [0.25, 0.3) is 33.1 Å². The zero-order valence-electron chi connectivity index (χ0n) is 19.1. The number of benzene rings is 2. The summed E-state index contributed by atoms with van der Waals surface area (Å²) in [7, 11) is 0. The first-order valence-electron chi connectivity index (χ1n) is 11.7. The number of aromatic nitrogens is 4. The molecular weight excluding hydrogens is 496 g/mol. The minimum atomic E-state index is -0.361. The van der Waals surface area contributed by atoms with Crippen molar-refractivity contribution in [3.8, 4) is 22.7 Å². The predicted molar refractivity (Wildman–Crippen MR) is 142 cm³/mol. The first-order chi connectivity index (χ1) is 17.6. The second kappa shape index (κ2) is 9.67. The number of carbonyl (C=O) groups excluding carboxylic acids is 1. The SMILES string of the molecule is O=C(Nc1nnc(-c2ccc(Cl)cc2)o1)c1cc(-c2ccccc2)nc2nc(N3CCCCC3)sc12. The van der Waals surface area contributed by atoms with Crippen LogP contribution < -0.4 is 10.2 Å². The van der Waals surface area contributed by atoms with Crippen LogP contribution in [0.15, 0.2) is 65.1 Å². The topological polar surface area (TPSA) is 97.0 Å². The lowest BCUT2D eigenvalue weighted by Gasteiger charge is -2.25. The number of carbonyl (C=O) groups is 1. The summed E-state index contributed by atoms with van der Waals surface area (Å²) in [5.74, 6) is -0.0725. The maximum Gasteiger partial charge on any atom is 0.322 e. The molecule has 5 aromatic rings. The van der Waals surface area contributed by atoms with Crippen molar-refractivity contribution in [1.29, 1.82) is 0 Å². The smallest absolute Gasteiger partial charge is 0.322 e. The van der Waals surface area contributed by atoms with E-state index in [1.165, 1.54) is 17.8 Å². The highest BCUT2D eigenvalue weighted by Crippen LogP contribution is 2.34. The van der Waals surface area contributed by atoms with Crippen molar-refractivity contribution in [2.24, 2.45) is 0 Å². The Morgan fingerprint density at radius 3 is 2.50 bits per heavy atom. The Morgan fingerprint density at radius 1 is 0.944 bits per heavy atom. The number of nitrogens with zero attached hydrogens (tertiary/aromatic N) is 5. The fourth-order valence-electron chi connectivity index (χ4n) is 4.19. The summed E-state index contributed by atoms with van der Waals surface area (Å²) >= 11 is 7.45. The van der Waals surface area contributed by atoms with Crippen molar-refractivity contribution in [2.75, 3.05) is 23.3 Å². The fraction of sp³-hybridized carbons (Fsp3) is 0.192. The Hall–Kier alpha value is -3.82. The van der Waals surface area contributed by atoms with Gasteiger partial charge in [0.25, 0.3) is 5.91 Å². The normalized spacial score (nSPS) is 13.8. The summed E-state index contributed by atoms with van der Waals surface area (Å²) in [5.41, 5.74) is 3.31. The largest absolute Gasteiger partial charge is 0.403 e. The zero-order chi connectivity index (χ0) is 24.5. The maximum atomic E-state index is 13.5. The van der Waals surface area contributed by atoms with E-state index in [0.717, 1.165) is 41.3 Å². The molecule has 3 aromatic heterocycles. The van der Waals surface area contributed by atoms with Gasteiger partial charge in [-0.2, -0.15) is 4.98 Å². The minimum Gasteiger partial charge on any atom is -0.403 e. The molecule has 1 amide bonds. The molecule has 0 spiro atoms. The van der Waals surface area contributed by atoms with Gasteiger partial charge in [0.1, 0.15) is 0 Å². The van der Waals surface area contributed by atoms with E-state index < -0.39 is 0 Å². The first-order valence-corrected chi connectivity index (χ1v) is 12.9. The Morgan fingerprint density at radius 2 is 1.72 bits per heavy atom. The van der Waals surface area contributed by atoms with Gasteiger partial charge in [0.15, 0.2) is 10.8 Å². The molecule has 1 aliphatic heterocycles. The molecule has 6 rings (SSSR count). The molecule has 10 heteroatoms. The quantitative estimate of drug-likeness (QED) is 0.292. The second-order valence-electron chi connectivity index (χ2n) is 8.49. The number of amides is 1. The number of thiazole rings is 1. The van der Waals surface area contributed by atoms with E-state index in [1.807, 2.05) is 30.3 Å². The summed E-state index contributed by atoms with van der Waals surface area (Å²) in [4.78, 5) is 25.3.